The summed E-state index contributed by atoms with van der Waals surface area (Å²) in [5.74, 6) is 1.15. The molecular weight excluding hydrogens is 256 g/mol. The Labute approximate surface area is 118 Å². The van der Waals surface area contributed by atoms with Crippen LogP contribution in [0.5, 0.6) is 0 Å². The van der Waals surface area contributed by atoms with Gasteiger partial charge in [0.1, 0.15) is 17.5 Å². The highest BCUT2D eigenvalue weighted by atomic mass is 16.5. The highest BCUT2D eigenvalue weighted by molar-refractivity contribution is 6.00. The van der Waals surface area contributed by atoms with Gasteiger partial charge in [-0.15, -0.1) is 0 Å². The molecule has 1 aliphatic rings. The fraction of sp³-hybridized carbons (Fsp3) is 0.385. The van der Waals surface area contributed by atoms with Crippen molar-refractivity contribution in [2.75, 3.05) is 37.4 Å². The van der Waals surface area contributed by atoms with E-state index in [9.17, 15) is 0 Å². The molecule has 20 heavy (non-hydrogen) atoms. The normalized spacial score (nSPS) is 16.4. The molecule has 0 amide bonds. The molecule has 0 aliphatic carbocycles. The topological polar surface area (TPSA) is 113 Å². The molecule has 1 aromatic heterocycles. The summed E-state index contributed by atoms with van der Waals surface area (Å²) in [4.78, 5) is 6.46. The van der Waals surface area contributed by atoms with Crippen molar-refractivity contribution in [2.24, 2.45) is 5.73 Å². The van der Waals surface area contributed by atoms with E-state index >= 15 is 0 Å². The number of hydrogen-bond donors (Lipinski definition) is 4. The quantitative estimate of drug-likeness (QED) is 0.466. The summed E-state index contributed by atoms with van der Waals surface area (Å²) >= 11 is 0. The van der Waals surface area contributed by atoms with Gasteiger partial charge in [-0.1, -0.05) is 0 Å². The molecule has 0 spiro atoms. The second kappa shape index (κ2) is 6.88. The van der Waals surface area contributed by atoms with Gasteiger partial charge in [-0.3, -0.25) is 10.3 Å². The lowest BCUT2D eigenvalue weighted by Gasteiger charge is -2.26. The first-order valence-corrected chi connectivity index (χ1v) is 6.48. The predicted octanol–water partition coefficient (Wildman–Crippen LogP) is 0.358. The molecule has 1 aliphatic heterocycles. The van der Waals surface area contributed by atoms with E-state index in [1.165, 1.54) is 12.3 Å². The Morgan fingerprint density at radius 1 is 1.45 bits per heavy atom. The fourth-order valence-corrected chi connectivity index (χ4v) is 2.06. The Kier molecular flexibility index (Phi) is 4.91. The number of nitrogen functional groups attached to an aromatic ring is 1. The fourth-order valence-electron chi connectivity index (χ4n) is 2.06. The number of rotatable bonds is 4. The van der Waals surface area contributed by atoms with E-state index < -0.39 is 0 Å². The molecule has 7 heteroatoms. The summed E-state index contributed by atoms with van der Waals surface area (Å²) in [7, 11) is 0. The molecular formula is C13H20N6O. The summed E-state index contributed by atoms with van der Waals surface area (Å²) in [5.41, 5.74) is 12.1. The molecule has 0 bridgehead atoms. The first-order chi connectivity index (χ1) is 9.67. The Hall–Kier alpha value is -2.12. The standard InChI is InChI=1S/C13H20N6O/c14-2-1-11(15)17-13-8-10(7-12(16)18-13)9-19-3-5-20-6-4-19/h1-2,7-8H,3-6,9,14H2,(H4,15,16,17,18)/b2-1-. The van der Waals surface area contributed by atoms with Crippen LogP contribution in [0, 0.1) is 5.41 Å². The molecule has 7 nitrogen and oxygen atoms in total. The largest absolute Gasteiger partial charge is 0.404 e. The molecule has 6 N–H and O–H groups in total. The monoisotopic (exact) mass is 276 g/mol. The third kappa shape index (κ3) is 4.22. The van der Waals surface area contributed by atoms with Crippen LogP contribution >= 0.6 is 0 Å². The molecule has 1 fully saturated rings. The molecule has 0 aromatic carbocycles. The second-order valence-corrected chi connectivity index (χ2v) is 4.57. The van der Waals surface area contributed by atoms with Crippen molar-refractivity contribution >= 4 is 17.5 Å². The number of nitrogens with one attached hydrogen (secondary N) is 2. The predicted molar refractivity (Wildman–Crippen MR) is 79.4 cm³/mol. The van der Waals surface area contributed by atoms with E-state index in [1.54, 1.807) is 0 Å². The van der Waals surface area contributed by atoms with Crippen LogP contribution in [-0.2, 0) is 11.3 Å². The van der Waals surface area contributed by atoms with Gasteiger partial charge in [0.05, 0.1) is 13.2 Å². The molecule has 1 aromatic rings. The van der Waals surface area contributed by atoms with Gasteiger partial charge < -0.3 is 21.5 Å². The van der Waals surface area contributed by atoms with Crippen LogP contribution in [0.4, 0.5) is 11.6 Å². The molecule has 0 atom stereocenters. The minimum atomic E-state index is 0.169. The van der Waals surface area contributed by atoms with Crippen LogP contribution in [0.2, 0.25) is 0 Å². The zero-order valence-corrected chi connectivity index (χ0v) is 11.3. The number of nitrogens with zero attached hydrogens (tertiary/aromatic N) is 2. The molecule has 0 unspecified atom stereocenters. The van der Waals surface area contributed by atoms with E-state index in [-0.39, 0.29) is 5.84 Å². The summed E-state index contributed by atoms with van der Waals surface area (Å²) in [6.45, 7) is 4.15. The van der Waals surface area contributed by atoms with Crippen molar-refractivity contribution in [2.45, 2.75) is 6.54 Å². The number of ether oxygens (including phenoxy) is 1. The molecule has 2 rings (SSSR count). The average Bonchev–Trinajstić information content (AvgIpc) is 2.39. The van der Waals surface area contributed by atoms with E-state index in [4.69, 9.17) is 21.6 Å². The summed E-state index contributed by atoms with van der Waals surface area (Å²) < 4.78 is 5.33. The summed E-state index contributed by atoms with van der Waals surface area (Å²) in [6.07, 6.45) is 2.75. The van der Waals surface area contributed by atoms with Crippen LogP contribution < -0.4 is 16.8 Å². The number of aromatic nitrogens is 1. The molecule has 2 heterocycles. The number of anilines is 2. The third-order valence-corrected chi connectivity index (χ3v) is 2.94. The Morgan fingerprint density at radius 2 is 2.20 bits per heavy atom. The van der Waals surface area contributed by atoms with Crippen LogP contribution in [0.3, 0.4) is 0 Å². The van der Waals surface area contributed by atoms with Crippen molar-refractivity contribution in [3.8, 4) is 0 Å². The van der Waals surface area contributed by atoms with E-state index in [0.29, 0.717) is 11.6 Å². The number of morpholine rings is 1. The first kappa shape index (κ1) is 14.3. The molecule has 0 saturated carbocycles. The smallest absolute Gasteiger partial charge is 0.134 e. The van der Waals surface area contributed by atoms with Crippen molar-refractivity contribution in [3.63, 3.8) is 0 Å². The van der Waals surface area contributed by atoms with Crippen LogP contribution in [0.1, 0.15) is 5.56 Å². The van der Waals surface area contributed by atoms with Gasteiger partial charge in [0.25, 0.3) is 0 Å². The van der Waals surface area contributed by atoms with Gasteiger partial charge in [-0.05, 0) is 30.0 Å². The second-order valence-electron chi connectivity index (χ2n) is 4.57. The Bertz CT molecular complexity index is 496. The molecule has 108 valence electrons. The van der Waals surface area contributed by atoms with Crippen LogP contribution in [-0.4, -0.2) is 42.0 Å². The number of hydrogen-bond acceptors (Lipinski definition) is 6. The van der Waals surface area contributed by atoms with E-state index in [2.05, 4.69) is 15.2 Å². The van der Waals surface area contributed by atoms with E-state index in [1.807, 2.05) is 12.1 Å². The molecule has 1 saturated heterocycles. The van der Waals surface area contributed by atoms with Gasteiger partial charge in [-0.25, -0.2) is 4.98 Å². The lowest BCUT2D eigenvalue weighted by molar-refractivity contribution is 0.0342. The van der Waals surface area contributed by atoms with Crippen molar-refractivity contribution in [1.82, 2.24) is 9.88 Å². The van der Waals surface area contributed by atoms with Crippen molar-refractivity contribution < 1.29 is 4.74 Å². The first-order valence-electron chi connectivity index (χ1n) is 6.48. The highest BCUT2D eigenvalue weighted by Crippen LogP contribution is 2.15. The number of amidine groups is 1. The maximum Gasteiger partial charge on any atom is 0.134 e. The van der Waals surface area contributed by atoms with Gasteiger partial charge in [0, 0.05) is 19.6 Å². The van der Waals surface area contributed by atoms with Crippen LogP contribution in [0.15, 0.2) is 24.4 Å². The zero-order valence-electron chi connectivity index (χ0n) is 11.3. The van der Waals surface area contributed by atoms with Crippen molar-refractivity contribution in [1.29, 1.82) is 5.41 Å². The van der Waals surface area contributed by atoms with E-state index in [0.717, 1.165) is 38.4 Å². The van der Waals surface area contributed by atoms with Gasteiger partial charge in [0.2, 0.25) is 0 Å². The SMILES string of the molecule is N=C(/C=C\N)Nc1cc(CN2CCOCC2)cc(N)n1. The van der Waals surface area contributed by atoms with Crippen LogP contribution in [0.25, 0.3) is 0 Å². The van der Waals surface area contributed by atoms with Gasteiger partial charge in [0.15, 0.2) is 0 Å². The summed E-state index contributed by atoms with van der Waals surface area (Å²) in [6, 6.07) is 3.74. The average molecular weight is 276 g/mol. The Morgan fingerprint density at radius 3 is 2.90 bits per heavy atom. The third-order valence-electron chi connectivity index (χ3n) is 2.94. The zero-order chi connectivity index (χ0) is 14.4. The number of nitrogens with two attached hydrogens (primary N) is 2. The summed E-state index contributed by atoms with van der Waals surface area (Å²) in [5, 5.41) is 10.5. The molecule has 0 radical (unpaired) electrons. The minimum Gasteiger partial charge on any atom is -0.404 e. The number of pyridine rings is 1. The van der Waals surface area contributed by atoms with Gasteiger partial charge in [-0.2, -0.15) is 0 Å². The Balaban J connectivity index is 2.05. The maximum atomic E-state index is 7.63. The minimum absolute atomic E-state index is 0.169. The van der Waals surface area contributed by atoms with Gasteiger partial charge >= 0.3 is 0 Å². The lowest BCUT2D eigenvalue weighted by atomic mass is 10.2. The highest BCUT2D eigenvalue weighted by Gasteiger charge is 2.11. The lowest BCUT2D eigenvalue weighted by Crippen LogP contribution is -2.35. The maximum absolute atomic E-state index is 7.63. The van der Waals surface area contributed by atoms with Crippen molar-refractivity contribution in [3.05, 3.63) is 30.0 Å².